The first kappa shape index (κ1) is 11.4. The minimum absolute atomic E-state index is 0.330. The molecule has 0 bridgehead atoms. The van der Waals surface area contributed by atoms with E-state index < -0.39 is 0 Å². The Morgan fingerprint density at radius 3 is 2.44 bits per heavy atom. The van der Waals surface area contributed by atoms with Crippen LogP contribution in [-0.4, -0.2) is 15.0 Å². The summed E-state index contributed by atoms with van der Waals surface area (Å²) in [5.74, 6) is 0.512. The molecule has 0 aliphatic heterocycles. The third-order valence-corrected chi connectivity index (χ3v) is 2.91. The van der Waals surface area contributed by atoms with Crippen LogP contribution in [0.15, 0.2) is 42.6 Å². The summed E-state index contributed by atoms with van der Waals surface area (Å²) in [6.07, 6.45) is 1.76. The van der Waals surface area contributed by atoms with Crippen molar-refractivity contribution in [1.82, 2.24) is 15.0 Å². The average molecular weight is 276 g/mol. The maximum Gasteiger partial charge on any atom is 0.162 e. The second-order valence-corrected chi connectivity index (χ2v) is 4.52. The summed E-state index contributed by atoms with van der Waals surface area (Å²) in [7, 11) is 0. The largest absolute Gasteiger partial charge is 0.256 e. The lowest BCUT2D eigenvalue weighted by Crippen LogP contribution is -1.90. The van der Waals surface area contributed by atoms with Gasteiger partial charge in [-0.15, -0.1) is 0 Å². The Kier molecular flexibility index (Phi) is 2.86. The summed E-state index contributed by atoms with van der Waals surface area (Å²) >= 11 is 11.7. The number of hydrogen-bond acceptors (Lipinski definition) is 3. The zero-order valence-corrected chi connectivity index (χ0v) is 10.7. The number of hydrogen-bond donors (Lipinski definition) is 0. The molecule has 3 aromatic rings. The zero-order chi connectivity index (χ0) is 12.5. The van der Waals surface area contributed by atoms with E-state index in [0.29, 0.717) is 16.1 Å². The number of fused-ring (bicyclic) bond motifs is 1. The zero-order valence-electron chi connectivity index (χ0n) is 9.14. The minimum Gasteiger partial charge on any atom is -0.256 e. The van der Waals surface area contributed by atoms with Gasteiger partial charge in [-0.1, -0.05) is 29.3 Å². The minimum atomic E-state index is 0.330. The van der Waals surface area contributed by atoms with Crippen LogP contribution in [-0.2, 0) is 0 Å². The van der Waals surface area contributed by atoms with Crippen LogP contribution in [0.5, 0.6) is 0 Å². The molecule has 3 nitrogen and oxygen atoms in total. The summed E-state index contributed by atoms with van der Waals surface area (Å²) in [6, 6.07) is 11.2. The lowest BCUT2D eigenvalue weighted by molar-refractivity contribution is 1.18. The third kappa shape index (κ3) is 2.15. The molecule has 0 amide bonds. The number of benzene rings is 1. The first-order valence-corrected chi connectivity index (χ1v) is 6.03. The van der Waals surface area contributed by atoms with Crippen LogP contribution in [0.3, 0.4) is 0 Å². The third-order valence-electron chi connectivity index (χ3n) is 2.52. The van der Waals surface area contributed by atoms with Gasteiger partial charge in [0.05, 0.1) is 5.52 Å². The van der Waals surface area contributed by atoms with Crippen LogP contribution < -0.4 is 0 Å². The molecule has 0 saturated heterocycles. The van der Waals surface area contributed by atoms with Gasteiger partial charge in [0.25, 0.3) is 0 Å². The number of halogens is 2. The molecule has 0 aliphatic carbocycles. The number of nitrogens with zero attached hydrogens (tertiary/aromatic N) is 3. The van der Waals surface area contributed by atoms with Gasteiger partial charge in [-0.05, 0) is 24.3 Å². The molecule has 0 fully saturated rings. The highest BCUT2D eigenvalue weighted by Crippen LogP contribution is 2.23. The molecule has 0 unspecified atom stereocenters. The quantitative estimate of drug-likeness (QED) is 0.630. The molecule has 1 aromatic carbocycles. The molecule has 2 aromatic heterocycles. The molecule has 0 N–H and O–H groups in total. The van der Waals surface area contributed by atoms with Crippen molar-refractivity contribution >= 4 is 34.1 Å². The van der Waals surface area contributed by atoms with E-state index in [1.54, 1.807) is 6.20 Å². The van der Waals surface area contributed by atoms with Gasteiger partial charge < -0.3 is 0 Å². The lowest BCUT2D eigenvalue weighted by Gasteiger charge is -2.03. The van der Waals surface area contributed by atoms with Gasteiger partial charge in [0, 0.05) is 23.2 Å². The van der Waals surface area contributed by atoms with Crippen LogP contribution >= 0.6 is 23.2 Å². The van der Waals surface area contributed by atoms with Crippen LogP contribution in [0.2, 0.25) is 10.3 Å². The molecule has 88 valence electrons. The van der Waals surface area contributed by atoms with E-state index in [-0.39, 0.29) is 0 Å². The molecule has 0 radical (unpaired) electrons. The van der Waals surface area contributed by atoms with Crippen molar-refractivity contribution in [3.63, 3.8) is 0 Å². The molecular weight excluding hydrogens is 269 g/mol. The highest BCUT2D eigenvalue weighted by Gasteiger charge is 2.05. The molecule has 18 heavy (non-hydrogen) atoms. The van der Waals surface area contributed by atoms with E-state index in [9.17, 15) is 0 Å². The van der Waals surface area contributed by atoms with E-state index in [1.165, 1.54) is 6.07 Å². The number of pyridine rings is 1. The van der Waals surface area contributed by atoms with Gasteiger partial charge in [-0.2, -0.15) is 0 Å². The highest BCUT2D eigenvalue weighted by atomic mass is 35.5. The smallest absolute Gasteiger partial charge is 0.162 e. The monoisotopic (exact) mass is 275 g/mol. The first-order valence-electron chi connectivity index (χ1n) is 5.27. The van der Waals surface area contributed by atoms with Gasteiger partial charge in [-0.25, -0.2) is 9.97 Å². The van der Waals surface area contributed by atoms with Gasteiger partial charge >= 0.3 is 0 Å². The standard InChI is InChI=1S/C13H7Cl2N3/c14-11-7-12(15)18-13(17-11)9-3-4-10-8(6-9)2-1-5-16-10/h1-7H. The van der Waals surface area contributed by atoms with Gasteiger partial charge in [0.1, 0.15) is 10.3 Å². The predicted molar refractivity (Wildman–Crippen MR) is 72.8 cm³/mol. The van der Waals surface area contributed by atoms with Crippen LogP contribution in [0, 0.1) is 0 Å². The van der Waals surface area contributed by atoms with E-state index in [2.05, 4.69) is 15.0 Å². The lowest BCUT2D eigenvalue weighted by atomic mass is 10.1. The topological polar surface area (TPSA) is 38.7 Å². The Hall–Kier alpha value is -1.71. The molecule has 0 atom stereocenters. The normalized spacial score (nSPS) is 10.8. The summed E-state index contributed by atoms with van der Waals surface area (Å²) in [4.78, 5) is 12.6. The maximum atomic E-state index is 5.87. The number of aromatic nitrogens is 3. The second-order valence-electron chi connectivity index (χ2n) is 3.75. The first-order chi connectivity index (χ1) is 8.72. The summed E-state index contributed by atoms with van der Waals surface area (Å²) in [5.41, 5.74) is 1.79. The molecule has 5 heteroatoms. The maximum absolute atomic E-state index is 5.87. The van der Waals surface area contributed by atoms with E-state index in [4.69, 9.17) is 23.2 Å². The fourth-order valence-corrected chi connectivity index (χ4v) is 2.16. The van der Waals surface area contributed by atoms with Crippen LogP contribution in [0.25, 0.3) is 22.3 Å². The average Bonchev–Trinajstić information content (AvgIpc) is 2.37. The van der Waals surface area contributed by atoms with Gasteiger partial charge in [-0.3, -0.25) is 4.98 Å². The fourth-order valence-electron chi connectivity index (χ4n) is 1.73. The second kappa shape index (κ2) is 4.52. The fraction of sp³-hybridized carbons (Fsp3) is 0. The Labute approximate surface area is 113 Å². The predicted octanol–water partition coefficient (Wildman–Crippen LogP) is 4.00. The summed E-state index contributed by atoms with van der Waals surface area (Å²) in [5, 5.41) is 1.68. The molecule has 3 rings (SSSR count). The SMILES string of the molecule is Clc1cc(Cl)nc(-c2ccc3ncccc3c2)n1. The van der Waals surface area contributed by atoms with E-state index in [1.807, 2.05) is 30.3 Å². The van der Waals surface area contributed by atoms with Gasteiger partial charge in [0.2, 0.25) is 0 Å². The van der Waals surface area contributed by atoms with Crippen molar-refractivity contribution in [1.29, 1.82) is 0 Å². The Balaban J connectivity index is 2.19. The Morgan fingerprint density at radius 1 is 0.889 bits per heavy atom. The molecule has 0 spiro atoms. The highest BCUT2D eigenvalue weighted by molar-refractivity contribution is 6.33. The number of rotatable bonds is 1. The van der Waals surface area contributed by atoms with Crippen molar-refractivity contribution in [3.05, 3.63) is 52.9 Å². The Bertz CT molecular complexity index is 708. The van der Waals surface area contributed by atoms with Crippen molar-refractivity contribution in [2.24, 2.45) is 0 Å². The van der Waals surface area contributed by atoms with Gasteiger partial charge in [0.15, 0.2) is 5.82 Å². The molecule has 0 aliphatic rings. The molecular formula is C13H7Cl2N3. The molecule has 2 heterocycles. The van der Waals surface area contributed by atoms with Crippen molar-refractivity contribution in [2.45, 2.75) is 0 Å². The van der Waals surface area contributed by atoms with E-state index >= 15 is 0 Å². The summed E-state index contributed by atoms with van der Waals surface area (Å²) in [6.45, 7) is 0. The summed E-state index contributed by atoms with van der Waals surface area (Å²) < 4.78 is 0. The van der Waals surface area contributed by atoms with Crippen molar-refractivity contribution in [2.75, 3.05) is 0 Å². The Morgan fingerprint density at radius 2 is 1.67 bits per heavy atom. The van der Waals surface area contributed by atoms with Crippen molar-refractivity contribution in [3.8, 4) is 11.4 Å². The van der Waals surface area contributed by atoms with Crippen molar-refractivity contribution < 1.29 is 0 Å². The van der Waals surface area contributed by atoms with E-state index in [0.717, 1.165) is 16.5 Å². The van der Waals surface area contributed by atoms with Crippen LogP contribution in [0.4, 0.5) is 0 Å². The molecule has 0 saturated carbocycles. The van der Waals surface area contributed by atoms with Crippen LogP contribution in [0.1, 0.15) is 0 Å².